The van der Waals surface area contributed by atoms with Crippen LogP contribution in [0.3, 0.4) is 0 Å². The summed E-state index contributed by atoms with van der Waals surface area (Å²) < 4.78 is 29.2. The Bertz CT molecular complexity index is 1080. The van der Waals surface area contributed by atoms with Gasteiger partial charge in [0.2, 0.25) is 15.9 Å². The maximum Gasteiger partial charge on any atom is 0.241 e. The molecule has 1 aliphatic carbocycles. The van der Waals surface area contributed by atoms with Gasteiger partial charge < -0.3 is 21.7 Å². The van der Waals surface area contributed by atoms with Crippen molar-refractivity contribution in [1.82, 2.24) is 10.0 Å². The molecule has 0 spiro atoms. The first-order valence-electron chi connectivity index (χ1n) is 10.3. The van der Waals surface area contributed by atoms with Crippen LogP contribution in [-0.4, -0.2) is 53.0 Å². The number of benzene rings is 2. The molecule has 2 aromatic carbocycles. The topological polar surface area (TPSA) is 143 Å². The Morgan fingerprint density at radius 2 is 1.84 bits per heavy atom. The average molecular weight is 447 g/mol. The standard InChI is InChI=1S/C21H30N6O3S/c1-27(2)18-9-3-7-16-15(18)6-4-10-19(16)31(29,30)26-17(8-5-13-24-21(22)23)20(28)25-14-11-12-14/h3-4,6-7,9-10,14,17,26H,5,8,11-13H2,1-2H3,(H,25,28)(H4,22,23,24). The second-order valence-corrected chi connectivity index (χ2v) is 9.61. The number of hydrogen-bond donors (Lipinski definition) is 4. The van der Waals surface area contributed by atoms with Gasteiger partial charge in [-0.1, -0.05) is 24.3 Å². The molecule has 9 nitrogen and oxygen atoms in total. The number of fused-ring (bicyclic) bond motifs is 1. The lowest BCUT2D eigenvalue weighted by atomic mass is 10.1. The molecule has 3 rings (SSSR count). The Morgan fingerprint density at radius 1 is 1.16 bits per heavy atom. The van der Waals surface area contributed by atoms with E-state index < -0.39 is 16.1 Å². The fourth-order valence-corrected chi connectivity index (χ4v) is 4.87. The number of nitrogens with two attached hydrogens (primary N) is 2. The van der Waals surface area contributed by atoms with Crippen LogP contribution in [0.1, 0.15) is 25.7 Å². The van der Waals surface area contributed by atoms with E-state index in [4.69, 9.17) is 11.5 Å². The molecule has 10 heteroatoms. The maximum absolute atomic E-state index is 13.3. The lowest BCUT2D eigenvalue weighted by molar-refractivity contribution is -0.123. The Morgan fingerprint density at radius 3 is 2.48 bits per heavy atom. The van der Waals surface area contributed by atoms with Crippen LogP contribution in [0.2, 0.25) is 0 Å². The maximum atomic E-state index is 13.3. The third-order valence-electron chi connectivity index (χ3n) is 5.11. The lowest BCUT2D eigenvalue weighted by Crippen LogP contribution is -2.47. The molecule has 1 saturated carbocycles. The van der Waals surface area contributed by atoms with E-state index in [-0.39, 0.29) is 29.2 Å². The zero-order valence-electron chi connectivity index (χ0n) is 17.8. The van der Waals surface area contributed by atoms with Gasteiger partial charge in [0, 0.05) is 43.1 Å². The first-order valence-corrected chi connectivity index (χ1v) is 11.7. The van der Waals surface area contributed by atoms with Crippen molar-refractivity contribution < 1.29 is 13.2 Å². The van der Waals surface area contributed by atoms with Crippen LogP contribution in [0.5, 0.6) is 0 Å². The van der Waals surface area contributed by atoms with E-state index in [0.29, 0.717) is 18.4 Å². The molecule has 168 valence electrons. The second kappa shape index (κ2) is 9.52. The van der Waals surface area contributed by atoms with E-state index in [2.05, 4.69) is 15.0 Å². The largest absolute Gasteiger partial charge is 0.377 e. The van der Waals surface area contributed by atoms with Gasteiger partial charge in [0.05, 0.1) is 4.90 Å². The molecule has 0 bridgehead atoms. The Labute approximate surface area is 182 Å². The van der Waals surface area contributed by atoms with E-state index >= 15 is 0 Å². The smallest absolute Gasteiger partial charge is 0.241 e. The minimum atomic E-state index is -3.96. The van der Waals surface area contributed by atoms with Crippen LogP contribution in [0.25, 0.3) is 10.8 Å². The zero-order chi connectivity index (χ0) is 22.6. The molecular weight excluding hydrogens is 416 g/mol. The highest BCUT2D eigenvalue weighted by molar-refractivity contribution is 7.89. The molecular formula is C21H30N6O3S. The van der Waals surface area contributed by atoms with Crippen LogP contribution in [-0.2, 0) is 14.8 Å². The number of sulfonamides is 1. The number of hydrogen-bond acceptors (Lipinski definition) is 5. The minimum Gasteiger partial charge on any atom is -0.377 e. The predicted molar refractivity (Wildman–Crippen MR) is 123 cm³/mol. The molecule has 1 fully saturated rings. The van der Waals surface area contributed by atoms with Gasteiger partial charge in [0.1, 0.15) is 6.04 Å². The summed E-state index contributed by atoms with van der Waals surface area (Å²) in [6, 6.07) is 9.89. The SMILES string of the molecule is CN(C)c1cccc2c(S(=O)(=O)NC(CCCN=C(N)N)C(=O)NC3CC3)cccc12. The van der Waals surface area contributed by atoms with Gasteiger partial charge in [0.15, 0.2) is 5.96 Å². The summed E-state index contributed by atoms with van der Waals surface area (Å²) in [6.45, 7) is 0.317. The second-order valence-electron chi connectivity index (χ2n) is 7.93. The Kier molecular flexibility index (Phi) is 7.01. The summed E-state index contributed by atoms with van der Waals surface area (Å²) in [5.74, 6) is -0.364. The zero-order valence-corrected chi connectivity index (χ0v) is 18.7. The first kappa shape index (κ1) is 22.8. The molecule has 0 radical (unpaired) electrons. The summed E-state index contributed by atoms with van der Waals surface area (Å²) in [6.07, 6.45) is 2.57. The van der Waals surface area contributed by atoms with Crippen molar-refractivity contribution in [2.45, 2.75) is 42.7 Å². The molecule has 0 aromatic heterocycles. The van der Waals surface area contributed by atoms with Gasteiger partial charge in [0.25, 0.3) is 0 Å². The highest BCUT2D eigenvalue weighted by Gasteiger charge is 2.31. The molecule has 0 heterocycles. The summed E-state index contributed by atoms with van der Waals surface area (Å²) in [5.41, 5.74) is 11.6. The van der Waals surface area contributed by atoms with E-state index in [0.717, 1.165) is 23.9 Å². The quantitative estimate of drug-likeness (QED) is 0.242. The van der Waals surface area contributed by atoms with Gasteiger partial charge in [-0.05, 0) is 37.8 Å². The normalized spacial score (nSPS) is 14.8. The van der Waals surface area contributed by atoms with Crippen molar-refractivity contribution in [3.63, 3.8) is 0 Å². The van der Waals surface area contributed by atoms with Crippen molar-refractivity contribution in [3.8, 4) is 0 Å². The molecule has 1 atom stereocenters. The monoisotopic (exact) mass is 446 g/mol. The third-order valence-corrected chi connectivity index (χ3v) is 6.64. The van der Waals surface area contributed by atoms with E-state index in [1.54, 1.807) is 18.2 Å². The predicted octanol–water partition coefficient (Wildman–Crippen LogP) is 0.885. The van der Waals surface area contributed by atoms with E-state index in [9.17, 15) is 13.2 Å². The Balaban J connectivity index is 1.88. The molecule has 1 unspecified atom stereocenters. The summed E-state index contributed by atoms with van der Waals surface area (Å²) in [7, 11) is -0.145. The molecule has 0 saturated heterocycles. The number of carbonyl (C=O) groups excluding carboxylic acids is 1. The van der Waals surface area contributed by atoms with Gasteiger partial charge in [-0.25, -0.2) is 8.42 Å². The van der Waals surface area contributed by atoms with Crippen LogP contribution in [0, 0.1) is 0 Å². The number of guanidine groups is 1. The molecule has 31 heavy (non-hydrogen) atoms. The summed E-state index contributed by atoms with van der Waals surface area (Å²) in [5, 5.41) is 4.30. The molecule has 2 aromatic rings. The number of nitrogens with one attached hydrogen (secondary N) is 2. The van der Waals surface area contributed by atoms with E-state index in [1.807, 2.05) is 37.2 Å². The molecule has 1 aliphatic rings. The summed E-state index contributed by atoms with van der Waals surface area (Å²) >= 11 is 0. The molecule has 1 amide bonds. The van der Waals surface area contributed by atoms with Gasteiger partial charge in [-0.3, -0.25) is 9.79 Å². The van der Waals surface area contributed by atoms with Crippen LogP contribution < -0.4 is 26.4 Å². The fraction of sp³-hybridized carbons (Fsp3) is 0.429. The average Bonchev–Trinajstić information content (AvgIpc) is 3.52. The van der Waals surface area contributed by atoms with Crippen molar-refractivity contribution in [3.05, 3.63) is 36.4 Å². The molecule has 0 aliphatic heterocycles. The van der Waals surface area contributed by atoms with Crippen LogP contribution in [0.4, 0.5) is 5.69 Å². The number of rotatable bonds is 10. The van der Waals surface area contributed by atoms with Gasteiger partial charge >= 0.3 is 0 Å². The third kappa shape index (κ3) is 5.86. The number of amides is 1. The Hall–Kier alpha value is -2.85. The minimum absolute atomic E-state index is 0.0352. The van der Waals surface area contributed by atoms with Gasteiger partial charge in [-0.15, -0.1) is 0 Å². The highest BCUT2D eigenvalue weighted by atomic mass is 32.2. The van der Waals surface area contributed by atoms with Crippen LogP contribution in [0.15, 0.2) is 46.3 Å². The van der Waals surface area contributed by atoms with E-state index in [1.165, 1.54) is 0 Å². The summed E-state index contributed by atoms with van der Waals surface area (Å²) in [4.78, 5) is 18.7. The number of carbonyl (C=O) groups is 1. The van der Waals surface area contributed by atoms with Gasteiger partial charge in [-0.2, -0.15) is 4.72 Å². The lowest BCUT2D eigenvalue weighted by Gasteiger charge is -2.20. The number of aliphatic imine (C=N–C) groups is 1. The van der Waals surface area contributed by atoms with Crippen molar-refractivity contribution >= 4 is 38.3 Å². The highest BCUT2D eigenvalue weighted by Crippen LogP contribution is 2.30. The van der Waals surface area contributed by atoms with Crippen LogP contribution >= 0.6 is 0 Å². The van der Waals surface area contributed by atoms with Crippen molar-refractivity contribution in [2.75, 3.05) is 25.5 Å². The molecule has 6 N–H and O–H groups in total. The van der Waals surface area contributed by atoms with Crippen molar-refractivity contribution in [1.29, 1.82) is 0 Å². The number of nitrogens with zero attached hydrogens (tertiary/aromatic N) is 2. The fourth-order valence-electron chi connectivity index (χ4n) is 3.42. The first-order chi connectivity index (χ1) is 14.7. The number of anilines is 1. The van der Waals surface area contributed by atoms with Crippen molar-refractivity contribution in [2.24, 2.45) is 16.5 Å².